The van der Waals surface area contributed by atoms with Crippen LogP contribution in [0.4, 0.5) is 0 Å². The Labute approximate surface area is 165 Å². The van der Waals surface area contributed by atoms with Gasteiger partial charge in [-0.2, -0.15) is 0 Å². The van der Waals surface area contributed by atoms with Gasteiger partial charge < -0.3 is 15.7 Å². The molecule has 3 N–H and O–H groups in total. The van der Waals surface area contributed by atoms with E-state index in [2.05, 4.69) is 59.8 Å². The Kier molecular flexibility index (Phi) is 4.14. The number of hydrogen-bond donors (Lipinski definition) is 2. The predicted molar refractivity (Wildman–Crippen MR) is 111 cm³/mol. The average molecular weight is 374 g/mol. The van der Waals surface area contributed by atoms with E-state index in [0.717, 1.165) is 12.1 Å². The van der Waals surface area contributed by atoms with Gasteiger partial charge in [0.2, 0.25) is 0 Å². The van der Waals surface area contributed by atoms with E-state index in [1.54, 1.807) is 0 Å². The molecule has 28 heavy (non-hydrogen) atoms. The van der Waals surface area contributed by atoms with Crippen LogP contribution in [-0.4, -0.2) is 29.6 Å². The summed E-state index contributed by atoms with van der Waals surface area (Å²) in [6.45, 7) is 2.65. The quantitative estimate of drug-likeness (QED) is 0.637. The first-order valence-electron chi connectivity index (χ1n) is 10.1. The Bertz CT molecular complexity index is 948. The monoisotopic (exact) mass is 374 g/mol. The number of aliphatic hydroxyl groups is 1. The second-order valence-corrected chi connectivity index (χ2v) is 8.33. The Morgan fingerprint density at radius 2 is 1.89 bits per heavy atom. The van der Waals surface area contributed by atoms with Gasteiger partial charge in [-0.3, -0.25) is 0 Å². The zero-order valence-electron chi connectivity index (χ0n) is 16.1. The largest absolute Gasteiger partial charge is 0.394 e. The van der Waals surface area contributed by atoms with Crippen LogP contribution >= 0.6 is 0 Å². The van der Waals surface area contributed by atoms with Crippen LogP contribution in [-0.2, 0) is 11.3 Å². The minimum atomic E-state index is -1.01. The number of hydrogen-bond acceptors (Lipinski definition) is 4. The summed E-state index contributed by atoms with van der Waals surface area (Å²) >= 11 is 0. The van der Waals surface area contributed by atoms with Crippen LogP contribution in [0.2, 0.25) is 0 Å². The molecule has 0 amide bonds. The lowest BCUT2D eigenvalue weighted by atomic mass is 9.52. The third kappa shape index (κ3) is 2.48. The number of rotatable bonds is 4. The molecule has 1 saturated carbocycles. The SMILES string of the molecule is CC1(O)/C(=N/OCCN)[C@@H]2C(c3ccccc3)=CC1C1Cc3ccccc3C12. The van der Waals surface area contributed by atoms with Crippen molar-refractivity contribution in [2.75, 3.05) is 13.2 Å². The number of benzene rings is 2. The molecule has 0 radical (unpaired) electrons. The summed E-state index contributed by atoms with van der Waals surface area (Å²) in [6.07, 6.45) is 3.31. The first-order chi connectivity index (χ1) is 13.6. The highest BCUT2D eigenvalue weighted by atomic mass is 16.6. The predicted octanol–water partition coefficient (Wildman–Crippen LogP) is 3.37. The molecule has 4 unspecified atom stereocenters. The van der Waals surface area contributed by atoms with Crippen LogP contribution < -0.4 is 5.73 Å². The molecule has 0 aliphatic heterocycles. The molecule has 0 aromatic heterocycles. The number of oxime groups is 1. The van der Waals surface area contributed by atoms with Crippen molar-refractivity contribution in [1.82, 2.24) is 0 Å². The smallest absolute Gasteiger partial charge is 0.129 e. The average Bonchev–Trinajstić information content (AvgIpc) is 3.10. The number of nitrogens with zero attached hydrogens (tertiary/aromatic N) is 1. The van der Waals surface area contributed by atoms with E-state index in [1.165, 1.54) is 22.3 Å². The summed E-state index contributed by atoms with van der Waals surface area (Å²) in [5.74, 6) is 0.722. The number of fused-ring (bicyclic) bond motifs is 2. The molecule has 2 aromatic carbocycles. The number of allylic oxidation sites excluding steroid dienone is 1. The third-order valence-electron chi connectivity index (χ3n) is 6.79. The van der Waals surface area contributed by atoms with Gasteiger partial charge in [0.15, 0.2) is 0 Å². The molecule has 0 saturated heterocycles. The molecule has 0 heterocycles. The molecule has 6 rings (SSSR count). The molecule has 4 heteroatoms. The molecular weight excluding hydrogens is 348 g/mol. The van der Waals surface area contributed by atoms with Gasteiger partial charge in [-0.25, -0.2) is 0 Å². The van der Waals surface area contributed by atoms with Crippen LogP contribution in [0.1, 0.15) is 29.5 Å². The minimum Gasteiger partial charge on any atom is -0.394 e. The van der Waals surface area contributed by atoms with Crippen molar-refractivity contribution >= 4 is 11.3 Å². The molecule has 1 fully saturated rings. The lowest BCUT2D eigenvalue weighted by Crippen LogP contribution is -2.58. The van der Waals surface area contributed by atoms with Crippen molar-refractivity contribution in [2.45, 2.75) is 24.9 Å². The summed E-state index contributed by atoms with van der Waals surface area (Å²) < 4.78 is 0. The second kappa shape index (κ2) is 6.57. The summed E-state index contributed by atoms with van der Waals surface area (Å²) in [7, 11) is 0. The first-order valence-corrected chi connectivity index (χ1v) is 10.1. The van der Waals surface area contributed by atoms with Crippen molar-refractivity contribution in [3.8, 4) is 0 Å². The Morgan fingerprint density at radius 3 is 2.68 bits per heavy atom. The van der Waals surface area contributed by atoms with Gasteiger partial charge in [0.1, 0.15) is 12.2 Å². The van der Waals surface area contributed by atoms with Crippen molar-refractivity contribution in [2.24, 2.45) is 28.6 Å². The summed E-state index contributed by atoms with van der Waals surface area (Å²) in [5, 5.41) is 16.0. The Hall–Kier alpha value is -2.43. The van der Waals surface area contributed by atoms with Crippen LogP contribution in [0.15, 0.2) is 65.8 Å². The van der Waals surface area contributed by atoms with Crippen molar-refractivity contribution in [3.63, 3.8) is 0 Å². The summed E-state index contributed by atoms with van der Waals surface area (Å²) in [6, 6.07) is 19.2. The van der Waals surface area contributed by atoms with E-state index < -0.39 is 5.60 Å². The fraction of sp³-hybridized carbons (Fsp3) is 0.375. The van der Waals surface area contributed by atoms with Gasteiger partial charge in [-0.1, -0.05) is 65.8 Å². The Morgan fingerprint density at radius 1 is 1.14 bits per heavy atom. The van der Waals surface area contributed by atoms with Gasteiger partial charge in [0, 0.05) is 24.3 Å². The van der Waals surface area contributed by atoms with Gasteiger partial charge in [-0.15, -0.1) is 0 Å². The van der Waals surface area contributed by atoms with Crippen LogP contribution in [0.25, 0.3) is 5.57 Å². The molecule has 4 aliphatic carbocycles. The van der Waals surface area contributed by atoms with Gasteiger partial charge in [-0.05, 0) is 41.5 Å². The minimum absolute atomic E-state index is 0.00494. The normalized spacial score (nSPS) is 34.1. The molecule has 144 valence electrons. The molecule has 0 spiro atoms. The highest BCUT2D eigenvalue weighted by Gasteiger charge is 2.60. The molecule has 2 aromatic rings. The molecule has 5 atom stereocenters. The van der Waals surface area contributed by atoms with Crippen LogP contribution in [0.3, 0.4) is 0 Å². The molecular formula is C24H26N2O2. The maximum absolute atomic E-state index is 11.5. The zero-order chi connectivity index (χ0) is 19.3. The fourth-order valence-corrected chi connectivity index (χ4v) is 5.65. The van der Waals surface area contributed by atoms with E-state index in [0.29, 0.717) is 25.0 Å². The summed E-state index contributed by atoms with van der Waals surface area (Å²) in [5.41, 5.74) is 10.6. The van der Waals surface area contributed by atoms with E-state index in [1.807, 2.05) is 13.0 Å². The second-order valence-electron chi connectivity index (χ2n) is 8.33. The van der Waals surface area contributed by atoms with Crippen molar-refractivity contribution in [1.29, 1.82) is 0 Å². The highest BCUT2D eigenvalue weighted by Crippen LogP contribution is 2.61. The van der Waals surface area contributed by atoms with Crippen LogP contribution in [0.5, 0.6) is 0 Å². The molecule has 4 nitrogen and oxygen atoms in total. The van der Waals surface area contributed by atoms with Gasteiger partial charge in [0.25, 0.3) is 0 Å². The number of nitrogens with two attached hydrogens (primary N) is 1. The lowest BCUT2D eigenvalue weighted by Gasteiger charge is -2.53. The zero-order valence-corrected chi connectivity index (χ0v) is 16.1. The van der Waals surface area contributed by atoms with Crippen LogP contribution in [0, 0.1) is 17.8 Å². The topological polar surface area (TPSA) is 67.8 Å². The molecule has 4 aliphatic rings. The third-order valence-corrected chi connectivity index (χ3v) is 6.79. The van der Waals surface area contributed by atoms with Crippen molar-refractivity contribution < 1.29 is 9.94 Å². The Balaban J connectivity index is 1.68. The highest BCUT2D eigenvalue weighted by molar-refractivity contribution is 6.06. The van der Waals surface area contributed by atoms with Gasteiger partial charge in [0.05, 0.1) is 5.71 Å². The van der Waals surface area contributed by atoms with E-state index >= 15 is 0 Å². The maximum atomic E-state index is 11.5. The van der Waals surface area contributed by atoms with Crippen molar-refractivity contribution in [3.05, 3.63) is 77.4 Å². The summed E-state index contributed by atoms with van der Waals surface area (Å²) in [4.78, 5) is 5.51. The lowest BCUT2D eigenvalue weighted by molar-refractivity contribution is 0.0188. The van der Waals surface area contributed by atoms with E-state index in [4.69, 9.17) is 10.6 Å². The maximum Gasteiger partial charge on any atom is 0.129 e. The standard InChI is InChI=1S/C24H26N2O2/c1-24(27)20-14-18(15-7-3-2-4-8-15)22(23(24)26-28-12-11-25)21-17-10-6-5-9-16(17)13-19(20)21/h2-10,14,19-22,27H,11-13,25H2,1H3/b26-23+/t19?,20?,21?,22-,24?/m1/s1. The fourth-order valence-electron chi connectivity index (χ4n) is 5.65. The van der Waals surface area contributed by atoms with Gasteiger partial charge >= 0.3 is 0 Å². The van der Waals surface area contributed by atoms with E-state index in [-0.39, 0.29) is 11.8 Å². The molecule has 2 bridgehead atoms. The van der Waals surface area contributed by atoms with E-state index in [9.17, 15) is 5.11 Å². The first kappa shape index (κ1) is 17.7.